The molecule has 0 unspecified atom stereocenters. The van der Waals surface area contributed by atoms with Crippen LogP contribution in [0.4, 0.5) is 4.39 Å². The highest BCUT2D eigenvalue weighted by atomic mass is 32.2. The Hall–Kier alpha value is -2.86. The molecule has 1 aliphatic rings. The Morgan fingerprint density at radius 2 is 1.88 bits per heavy atom. The number of halogens is 1. The third-order valence-electron chi connectivity index (χ3n) is 4.25. The van der Waals surface area contributed by atoms with Crippen molar-refractivity contribution in [3.63, 3.8) is 0 Å². The fourth-order valence-electron chi connectivity index (χ4n) is 2.95. The van der Waals surface area contributed by atoms with E-state index in [0.717, 1.165) is 21.4 Å². The largest absolute Gasteiger partial charge is 0.507 e. The van der Waals surface area contributed by atoms with Crippen molar-refractivity contribution in [3.05, 3.63) is 71.5 Å². The molecule has 3 aromatic carbocycles. The third kappa shape index (κ3) is 3.15. The molecule has 4 nitrogen and oxygen atoms in total. The fourth-order valence-corrected chi connectivity index (χ4v) is 3.96. The van der Waals surface area contributed by atoms with Gasteiger partial charge in [0.1, 0.15) is 11.6 Å². The number of phenolic OH excluding ortho intramolecular Hbond substituents is 1. The number of thioether (sulfide) groups is 1. The summed E-state index contributed by atoms with van der Waals surface area (Å²) in [5, 5.41) is 16.0. The van der Waals surface area contributed by atoms with E-state index in [2.05, 4.69) is 10.5 Å². The SMILES string of the molecule is O=C(NN=C1CCSc2ccc(F)cc21)c1cc2ccccc2cc1O. The zero-order valence-electron chi connectivity index (χ0n) is 13.7. The number of carbonyl (C=O) groups excluding carboxylic acids is 1. The van der Waals surface area contributed by atoms with Crippen molar-refractivity contribution in [1.29, 1.82) is 0 Å². The molecule has 1 aliphatic heterocycles. The standard InChI is InChI=1S/C20H15FN2O2S/c21-14-5-6-19-15(11-14)17(7-8-26-19)22-23-20(25)16-9-12-3-1-2-4-13(12)10-18(16)24/h1-6,9-11,24H,7-8H2,(H,23,25). The first-order valence-electron chi connectivity index (χ1n) is 8.13. The van der Waals surface area contributed by atoms with Crippen LogP contribution in [-0.4, -0.2) is 22.5 Å². The van der Waals surface area contributed by atoms with Crippen LogP contribution in [0.3, 0.4) is 0 Å². The van der Waals surface area contributed by atoms with Crippen LogP contribution in [0.25, 0.3) is 10.8 Å². The second-order valence-corrected chi connectivity index (χ2v) is 7.09. The molecule has 0 bridgehead atoms. The lowest BCUT2D eigenvalue weighted by Crippen LogP contribution is -2.22. The van der Waals surface area contributed by atoms with Crippen molar-refractivity contribution >= 4 is 34.2 Å². The van der Waals surface area contributed by atoms with Crippen LogP contribution < -0.4 is 5.43 Å². The Morgan fingerprint density at radius 1 is 1.12 bits per heavy atom. The highest BCUT2D eigenvalue weighted by molar-refractivity contribution is 7.99. The number of nitrogens with one attached hydrogen (secondary N) is 1. The van der Waals surface area contributed by atoms with Gasteiger partial charge in [0, 0.05) is 22.6 Å². The van der Waals surface area contributed by atoms with Gasteiger partial charge in [-0.25, -0.2) is 9.82 Å². The van der Waals surface area contributed by atoms with Crippen LogP contribution >= 0.6 is 11.8 Å². The lowest BCUT2D eigenvalue weighted by Gasteiger charge is -2.17. The number of benzene rings is 3. The Bertz CT molecular complexity index is 1050. The molecule has 0 atom stereocenters. The zero-order valence-corrected chi connectivity index (χ0v) is 14.5. The Balaban J connectivity index is 1.63. The average Bonchev–Trinajstić information content (AvgIpc) is 2.65. The summed E-state index contributed by atoms with van der Waals surface area (Å²) in [5.74, 6) is -0.129. The maximum absolute atomic E-state index is 13.5. The Morgan fingerprint density at radius 3 is 2.69 bits per heavy atom. The number of hydrazone groups is 1. The van der Waals surface area contributed by atoms with Crippen molar-refractivity contribution in [3.8, 4) is 5.75 Å². The molecule has 130 valence electrons. The van der Waals surface area contributed by atoms with Crippen LogP contribution in [0.5, 0.6) is 5.75 Å². The lowest BCUT2D eigenvalue weighted by molar-refractivity contribution is 0.0952. The minimum absolute atomic E-state index is 0.105. The molecule has 1 heterocycles. The van der Waals surface area contributed by atoms with E-state index in [1.807, 2.05) is 24.3 Å². The molecule has 0 aliphatic carbocycles. The van der Waals surface area contributed by atoms with Crippen LogP contribution in [0.1, 0.15) is 22.3 Å². The van der Waals surface area contributed by atoms with Gasteiger partial charge in [-0.3, -0.25) is 4.79 Å². The molecule has 2 N–H and O–H groups in total. The summed E-state index contributed by atoms with van der Waals surface area (Å²) in [6.45, 7) is 0. The Labute approximate surface area is 153 Å². The van der Waals surface area contributed by atoms with Gasteiger partial charge >= 0.3 is 0 Å². The molecule has 0 radical (unpaired) electrons. The number of fused-ring (bicyclic) bond motifs is 2. The molecule has 26 heavy (non-hydrogen) atoms. The van der Waals surface area contributed by atoms with E-state index >= 15 is 0 Å². The van der Waals surface area contributed by atoms with Gasteiger partial charge in [-0.1, -0.05) is 24.3 Å². The van der Waals surface area contributed by atoms with E-state index < -0.39 is 5.91 Å². The maximum Gasteiger partial charge on any atom is 0.275 e. The zero-order chi connectivity index (χ0) is 18.1. The number of amides is 1. The molecular formula is C20H15FN2O2S. The van der Waals surface area contributed by atoms with E-state index in [0.29, 0.717) is 17.7 Å². The van der Waals surface area contributed by atoms with Crippen LogP contribution in [0.15, 0.2) is 64.6 Å². The van der Waals surface area contributed by atoms with Crippen molar-refractivity contribution in [2.75, 3.05) is 5.75 Å². The van der Waals surface area contributed by atoms with Crippen molar-refractivity contribution < 1.29 is 14.3 Å². The lowest BCUT2D eigenvalue weighted by atomic mass is 10.1. The van der Waals surface area contributed by atoms with Crippen LogP contribution in [0.2, 0.25) is 0 Å². The number of carbonyl (C=O) groups is 1. The molecule has 0 saturated carbocycles. The first-order valence-corrected chi connectivity index (χ1v) is 9.12. The topological polar surface area (TPSA) is 61.7 Å². The molecule has 0 saturated heterocycles. The van der Waals surface area contributed by atoms with E-state index in [1.54, 1.807) is 30.0 Å². The summed E-state index contributed by atoms with van der Waals surface area (Å²) in [4.78, 5) is 13.4. The predicted molar refractivity (Wildman–Crippen MR) is 101 cm³/mol. The number of nitrogens with zero attached hydrogens (tertiary/aromatic N) is 1. The predicted octanol–water partition coefficient (Wildman–Crippen LogP) is 4.31. The van der Waals surface area contributed by atoms with Gasteiger partial charge in [0.15, 0.2) is 0 Å². The molecule has 4 rings (SSSR count). The number of rotatable bonds is 2. The normalized spacial score (nSPS) is 15.0. The van der Waals surface area contributed by atoms with E-state index in [9.17, 15) is 14.3 Å². The van der Waals surface area contributed by atoms with Gasteiger partial charge in [0.05, 0.1) is 11.3 Å². The van der Waals surface area contributed by atoms with Crippen molar-refractivity contribution in [2.45, 2.75) is 11.3 Å². The minimum Gasteiger partial charge on any atom is -0.507 e. The second kappa shape index (κ2) is 6.80. The van der Waals surface area contributed by atoms with Crippen molar-refractivity contribution in [2.24, 2.45) is 5.10 Å². The third-order valence-corrected chi connectivity index (χ3v) is 5.33. The number of aromatic hydroxyl groups is 1. The molecule has 6 heteroatoms. The number of hydrogen-bond acceptors (Lipinski definition) is 4. The average molecular weight is 366 g/mol. The summed E-state index contributed by atoms with van der Waals surface area (Å²) in [6.07, 6.45) is 0.630. The van der Waals surface area contributed by atoms with Crippen molar-refractivity contribution in [1.82, 2.24) is 5.43 Å². The number of phenols is 1. The molecule has 0 fully saturated rings. The van der Waals surface area contributed by atoms with Gasteiger partial charge in [0.2, 0.25) is 0 Å². The van der Waals surface area contributed by atoms with Gasteiger partial charge in [-0.05, 0) is 41.1 Å². The van der Waals surface area contributed by atoms with Crippen LogP contribution in [0, 0.1) is 5.82 Å². The first kappa shape index (κ1) is 16.6. The summed E-state index contributed by atoms with van der Waals surface area (Å²) < 4.78 is 13.5. The number of hydrogen-bond donors (Lipinski definition) is 2. The van der Waals surface area contributed by atoms with E-state index in [4.69, 9.17) is 0 Å². The maximum atomic E-state index is 13.5. The summed E-state index contributed by atoms with van der Waals surface area (Å²) >= 11 is 1.64. The van der Waals surface area contributed by atoms with Gasteiger partial charge < -0.3 is 5.11 Å². The van der Waals surface area contributed by atoms with Gasteiger partial charge in [0.25, 0.3) is 5.91 Å². The van der Waals surface area contributed by atoms with Gasteiger partial charge in [-0.15, -0.1) is 11.8 Å². The molecular weight excluding hydrogens is 351 g/mol. The summed E-state index contributed by atoms with van der Waals surface area (Å²) in [6, 6.07) is 15.2. The smallest absolute Gasteiger partial charge is 0.275 e. The monoisotopic (exact) mass is 366 g/mol. The van der Waals surface area contributed by atoms with E-state index in [1.165, 1.54) is 12.1 Å². The second-order valence-electron chi connectivity index (χ2n) is 5.95. The van der Waals surface area contributed by atoms with Gasteiger partial charge in [-0.2, -0.15) is 5.10 Å². The molecule has 3 aromatic rings. The first-order chi connectivity index (χ1) is 12.6. The molecule has 1 amide bonds. The quantitative estimate of drug-likeness (QED) is 0.664. The minimum atomic E-state index is -0.503. The highest BCUT2D eigenvalue weighted by Crippen LogP contribution is 2.31. The fraction of sp³-hybridized carbons (Fsp3) is 0.100. The molecule has 0 spiro atoms. The summed E-state index contributed by atoms with van der Waals surface area (Å²) in [5.41, 5.74) is 3.97. The summed E-state index contributed by atoms with van der Waals surface area (Å²) in [7, 11) is 0. The van der Waals surface area contributed by atoms with E-state index in [-0.39, 0.29) is 17.1 Å². The highest BCUT2D eigenvalue weighted by Gasteiger charge is 2.18. The van der Waals surface area contributed by atoms with Crippen LogP contribution in [-0.2, 0) is 0 Å². The molecule has 0 aromatic heterocycles. The Kier molecular flexibility index (Phi) is 4.34.